The van der Waals surface area contributed by atoms with Crippen molar-refractivity contribution < 1.29 is 14.5 Å². The number of hydrogen-bond acceptors (Lipinski definition) is 7. The van der Waals surface area contributed by atoms with E-state index in [-0.39, 0.29) is 17.9 Å². The summed E-state index contributed by atoms with van der Waals surface area (Å²) in [6.07, 6.45) is 3.85. The van der Waals surface area contributed by atoms with Gasteiger partial charge in [-0.25, -0.2) is 9.79 Å². The third-order valence-corrected chi connectivity index (χ3v) is 8.22. The number of rotatable bonds is 7. The first-order valence-electron chi connectivity index (χ1n) is 13.4. The van der Waals surface area contributed by atoms with Crippen molar-refractivity contribution >= 4 is 40.0 Å². The first kappa shape index (κ1) is 27.1. The number of carbonyl (C=O) groups is 1. The zero-order valence-electron chi connectivity index (χ0n) is 22.9. The number of allylic oxidation sites excluding steroid dienone is 1. The number of ether oxygens (including phenoxy) is 1. The molecule has 0 saturated heterocycles. The van der Waals surface area contributed by atoms with E-state index in [1.807, 2.05) is 66.9 Å². The van der Waals surface area contributed by atoms with Gasteiger partial charge >= 0.3 is 5.97 Å². The van der Waals surface area contributed by atoms with Crippen LogP contribution in [-0.4, -0.2) is 26.6 Å². The Morgan fingerprint density at radius 1 is 1.07 bits per heavy atom. The summed E-state index contributed by atoms with van der Waals surface area (Å²) in [6.45, 7) is 4.24. The molecule has 1 atom stereocenters. The Bertz CT molecular complexity index is 2050. The third kappa shape index (κ3) is 4.86. The topological polar surface area (TPSA) is 109 Å². The Morgan fingerprint density at radius 3 is 2.50 bits per heavy atom. The number of nitro benzene ring substituents is 1. The average Bonchev–Trinajstić information content (AvgIpc) is 3.49. The SMILES string of the molecule is CCOC(=O)C1=C(C)N=c2s/c(=C/c3cn(Cc4ccc([N+](=O)[O-])cc4)c4ccccc34)c(=O)n2C1c1ccccc1. The summed E-state index contributed by atoms with van der Waals surface area (Å²) in [6, 6.07) is 23.2. The summed E-state index contributed by atoms with van der Waals surface area (Å²) >= 11 is 1.28. The Kier molecular flexibility index (Phi) is 7.13. The van der Waals surface area contributed by atoms with Gasteiger partial charge in [-0.2, -0.15) is 0 Å². The average molecular weight is 579 g/mol. The molecule has 0 amide bonds. The maximum atomic E-state index is 14.0. The molecule has 3 aromatic carbocycles. The van der Waals surface area contributed by atoms with Gasteiger partial charge in [-0.3, -0.25) is 19.5 Å². The highest BCUT2D eigenvalue weighted by Gasteiger charge is 2.33. The van der Waals surface area contributed by atoms with Crippen LogP contribution in [0, 0.1) is 10.1 Å². The second-order valence-electron chi connectivity index (χ2n) is 9.87. The van der Waals surface area contributed by atoms with E-state index in [0.717, 1.165) is 27.6 Å². The first-order valence-corrected chi connectivity index (χ1v) is 14.2. The number of nitrogens with zero attached hydrogens (tertiary/aromatic N) is 4. The molecule has 1 unspecified atom stereocenters. The molecular formula is C32H26N4O5S. The van der Waals surface area contributed by atoms with Crippen LogP contribution in [0.3, 0.4) is 0 Å². The van der Waals surface area contributed by atoms with E-state index in [0.29, 0.717) is 27.1 Å². The van der Waals surface area contributed by atoms with Crippen LogP contribution in [0.25, 0.3) is 17.0 Å². The molecule has 2 aromatic heterocycles. The van der Waals surface area contributed by atoms with Gasteiger partial charge in [0.1, 0.15) is 0 Å². The van der Waals surface area contributed by atoms with Crippen LogP contribution in [0.2, 0.25) is 0 Å². The minimum absolute atomic E-state index is 0.0438. The van der Waals surface area contributed by atoms with Crippen LogP contribution in [-0.2, 0) is 16.1 Å². The van der Waals surface area contributed by atoms with Crippen LogP contribution in [0.1, 0.15) is 36.6 Å². The van der Waals surface area contributed by atoms with Gasteiger partial charge in [-0.05, 0) is 37.1 Å². The predicted octanol–water partition coefficient (Wildman–Crippen LogP) is 4.71. The van der Waals surface area contributed by atoms with Crippen molar-refractivity contribution in [3.8, 4) is 0 Å². The monoisotopic (exact) mass is 578 g/mol. The molecule has 9 nitrogen and oxygen atoms in total. The van der Waals surface area contributed by atoms with Crippen molar-refractivity contribution in [1.29, 1.82) is 0 Å². The summed E-state index contributed by atoms with van der Waals surface area (Å²) in [5.74, 6) is -0.490. The number of aromatic nitrogens is 2. The number of nitro groups is 1. The van der Waals surface area contributed by atoms with Crippen LogP contribution in [0.4, 0.5) is 5.69 Å². The summed E-state index contributed by atoms with van der Waals surface area (Å²) < 4.78 is 9.51. The standard InChI is InChI=1S/C32H26N4O5S/c1-3-41-31(38)28-20(2)33-32-35(29(28)22-9-5-4-6-10-22)30(37)27(42-32)17-23-19-34(26-12-8-7-11-25(23)26)18-21-13-15-24(16-14-21)36(39)40/h4-17,19,29H,3,18H2,1-2H3/b27-17+. The molecule has 0 bridgehead atoms. The predicted molar refractivity (Wildman–Crippen MR) is 161 cm³/mol. The number of esters is 1. The zero-order chi connectivity index (χ0) is 29.4. The molecule has 0 N–H and O–H groups in total. The van der Waals surface area contributed by atoms with E-state index >= 15 is 0 Å². The largest absolute Gasteiger partial charge is 0.463 e. The van der Waals surface area contributed by atoms with Gasteiger partial charge in [0.05, 0.1) is 33.4 Å². The lowest BCUT2D eigenvalue weighted by Crippen LogP contribution is -2.39. The van der Waals surface area contributed by atoms with Crippen molar-refractivity contribution in [3.05, 3.63) is 143 Å². The minimum Gasteiger partial charge on any atom is -0.463 e. The van der Waals surface area contributed by atoms with Crippen molar-refractivity contribution in [2.75, 3.05) is 6.61 Å². The number of carbonyl (C=O) groups excluding carboxylic acids is 1. The van der Waals surface area contributed by atoms with E-state index < -0.39 is 16.9 Å². The van der Waals surface area contributed by atoms with Gasteiger partial charge in [0.15, 0.2) is 4.80 Å². The zero-order valence-corrected chi connectivity index (χ0v) is 23.7. The number of benzene rings is 3. The van der Waals surface area contributed by atoms with Gasteiger partial charge in [-0.15, -0.1) is 0 Å². The fourth-order valence-electron chi connectivity index (χ4n) is 5.32. The fraction of sp³-hybridized carbons (Fsp3) is 0.156. The van der Waals surface area contributed by atoms with Crippen molar-refractivity contribution in [2.24, 2.45) is 4.99 Å². The highest BCUT2D eigenvalue weighted by Crippen LogP contribution is 2.30. The number of fused-ring (bicyclic) bond motifs is 2. The minimum atomic E-state index is -0.660. The summed E-state index contributed by atoms with van der Waals surface area (Å²) in [5, 5.41) is 12.0. The molecule has 3 heterocycles. The van der Waals surface area contributed by atoms with E-state index in [2.05, 4.69) is 9.56 Å². The molecule has 0 saturated carbocycles. The molecule has 1 aliphatic heterocycles. The van der Waals surface area contributed by atoms with Crippen molar-refractivity contribution in [3.63, 3.8) is 0 Å². The Balaban J connectivity index is 1.47. The van der Waals surface area contributed by atoms with Crippen molar-refractivity contribution in [2.45, 2.75) is 26.4 Å². The number of hydrogen-bond donors (Lipinski definition) is 0. The fourth-order valence-corrected chi connectivity index (χ4v) is 6.36. The first-order chi connectivity index (χ1) is 20.4. The van der Waals surface area contributed by atoms with Crippen LogP contribution in [0.15, 0.2) is 106 Å². The summed E-state index contributed by atoms with van der Waals surface area (Å²) in [7, 11) is 0. The Labute approximate surface area is 244 Å². The molecule has 210 valence electrons. The maximum absolute atomic E-state index is 14.0. The normalized spacial score (nSPS) is 15.0. The second kappa shape index (κ2) is 11.1. The third-order valence-electron chi connectivity index (χ3n) is 7.24. The van der Waals surface area contributed by atoms with Crippen molar-refractivity contribution in [1.82, 2.24) is 9.13 Å². The second-order valence-corrected chi connectivity index (χ2v) is 10.9. The van der Waals surface area contributed by atoms with E-state index in [9.17, 15) is 19.7 Å². The van der Waals surface area contributed by atoms with Gasteiger partial charge in [0.2, 0.25) is 0 Å². The molecule has 10 heteroatoms. The van der Waals surface area contributed by atoms with Crippen LogP contribution >= 0.6 is 11.3 Å². The Morgan fingerprint density at radius 2 is 1.79 bits per heavy atom. The van der Waals surface area contributed by atoms with E-state index in [1.54, 1.807) is 30.5 Å². The number of para-hydroxylation sites is 1. The lowest BCUT2D eigenvalue weighted by Gasteiger charge is -2.24. The van der Waals surface area contributed by atoms with Gasteiger partial charge in [-0.1, -0.05) is 72.0 Å². The quantitative estimate of drug-likeness (QED) is 0.158. The van der Waals surface area contributed by atoms with Gasteiger partial charge in [0.25, 0.3) is 11.2 Å². The highest BCUT2D eigenvalue weighted by atomic mass is 32.1. The van der Waals surface area contributed by atoms with E-state index in [1.165, 1.54) is 23.5 Å². The molecule has 0 fully saturated rings. The number of thiazole rings is 1. The molecule has 0 radical (unpaired) electrons. The summed E-state index contributed by atoms with van der Waals surface area (Å²) in [5.41, 5.74) is 4.21. The molecule has 6 rings (SSSR count). The van der Waals surface area contributed by atoms with Crippen LogP contribution in [0.5, 0.6) is 0 Å². The smallest absolute Gasteiger partial charge is 0.338 e. The lowest BCUT2D eigenvalue weighted by molar-refractivity contribution is -0.384. The lowest BCUT2D eigenvalue weighted by atomic mass is 9.96. The maximum Gasteiger partial charge on any atom is 0.338 e. The van der Waals surface area contributed by atoms with Gasteiger partial charge in [0, 0.05) is 41.3 Å². The molecule has 0 aliphatic carbocycles. The van der Waals surface area contributed by atoms with Gasteiger partial charge < -0.3 is 9.30 Å². The molecule has 0 spiro atoms. The molecule has 1 aliphatic rings. The Hall–Kier alpha value is -5.09. The highest BCUT2D eigenvalue weighted by molar-refractivity contribution is 7.07. The molecule has 42 heavy (non-hydrogen) atoms. The number of non-ortho nitro benzene ring substituents is 1. The molecular weight excluding hydrogens is 552 g/mol. The van der Waals surface area contributed by atoms with E-state index in [4.69, 9.17) is 4.74 Å². The molecule has 5 aromatic rings. The van der Waals surface area contributed by atoms with Crippen LogP contribution < -0.4 is 14.9 Å². The summed E-state index contributed by atoms with van der Waals surface area (Å²) in [4.78, 5) is 42.9.